The quantitative estimate of drug-likeness (QED) is 0.211. The number of carbonyl (C=O) groups excluding carboxylic acids is 5. The molecule has 3 rings (SSSR count). The number of rotatable bonds is 12. The van der Waals surface area contributed by atoms with Crippen molar-refractivity contribution in [1.29, 1.82) is 0 Å². The molecule has 0 spiro atoms. The summed E-state index contributed by atoms with van der Waals surface area (Å²) >= 11 is 0. The van der Waals surface area contributed by atoms with Crippen LogP contribution >= 0.6 is 0 Å². The fraction of sp³-hybridized carbons (Fsp3) is 0.788. The Morgan fingerprint density at radius 2 is 1.61 bits per heavy atom. The van der Waals surface area contributed by atoms with Crippen LogP contribution in [0.4, 0.5) is 4.79 Å². The van der Waals surface area contributed by atoms with Gasteiger partial charge in [0, 0.05) is 13.1 Å². The van der Waals surface area contributed by atoms with E-state index in [-0.39, 0.29) is 47.8 Å². The van der Waals surface area contributed by atoms with Crippen molar-refractivity contribution in [2.45, 2.75) is 122 Å². The first-order chi connectivity index (χ1) is 21.1. The van der Waals surface area contributed by atoms with Crippen molar-refractivity contribution < 1.29 is 37.1 Å². The van der Waals surface area contributed by atoms with Gasteiger partial charge >= 0.3 is 6.09 Å². The molecule has 0 radical (unpaired) electrons. The molecule has 4 unspecified atom stereocenters. The van der Waals surface area contributed by atoms with E-state index >= 15 is 0 Å². The molecular formula is C33H54N4O8S. The molecule has 0 aromatic carbocycles. The van der Waals surface area contributed by atoms with Crippen LogP contribution in [0.25, 0.3) is 0 Å². The van der Waals surface area contributed by atoms with Crippen LogP contribution < -0.4 is 16.0 Å². The number of nitrogens with zero attached hydrogens (tertiary/aromatic N) is 1. The highest BCUT2D eigenvalue weighted by Crippen LogP contribution is 2.65. The number of nitrogens with one attached hydrogen (secondary N) is 3. The van der Waals surface area contributed by atoms with Crippen LogP contribution in [0, 0.1) is 23.2 Å². The summed E-state index contributed by atoms with van der Waals surface area (Å²) in [6.07, 6.45) is 5.11. The van der Waals surface area contributed by atoms with Crippen molar-refractivity contribution in [3.63, 3.8) is 0 Å². The standard InChI is InChI=1S/C33H54N4O8S/c1-10-14-22(26(38)28(40)34-17-18-46(43,44)32(5,6)7)35-27(39)25-23-21(33(23,8)9)19-37(25)29(41)24(20-15-12-11-13-16-20)36-30(42)45-31(2,3)4/h10,20-25H,1,11-19H2,2-9H3,(H,34,40)(H,35,39)(H,36,42)/t21?,22?,23?,24-,25?/m0/s1. The molecule has 3 aliphatic rings. The van der Waals surface area contributed by atoms with Crippen molar-refractivity contribution in [3.8, 4) is 0 Å². The van der Waals surface area contributed by atoms with E-state index in [0.717, 1.165) is 32.1 Å². The number of carbonyl (C=O) groups is 5. The number of likely N-dealkylation sites (tertiary alicyclic amines) is 1. The Morgan fingerprint density at radius 3 is 2.15 bits per heavy atom. The number of sulfone groups is 1. The van der Waals surface area contributed by atoms with E-state index in [4.69, 9.17) is 4.74 Å². The molecule has 2 saturated carbocycles. The Labute approximate surface area is 274 Å². The molecular weight excluding hydrogens is 612 g/mol. The van der Waals surface area contributed by atoms with Gasteiger partial charge in [0.15, 0.2) is 9.84 Å². The summed E-state index contributed by atoms with van der Waals surface area (Å²) in [6.45, 7) is 17.7. The molecule has 1 saturated heterocycles. The van der Waals surface area contributed by atoms with E-state index in [0.29, 0.717) is 6.54 Å². The summed E-state index contributed by atoms with van der Waals surface area (Å²) in [7, 11) is -3.52. The SMILES string of the molecule is C=CCC(NC(=O)C1C2C(CN1C(=O)[C@@H](NC(=O)OC(C)(C)C)C1CCCCC1)C2(C)C)C(=O)C(=O)NCCS(=O)(=O)C(C)(C)C. The molecule has 5 atom stereocenters. The second-order valence-corrected chi connectivity index (χ2v) is 18.4. The Balaban J connectivity index is 1.78. The molecule has 0 aromatic rings. The van der Waals surface area contributed by atoms with Gasteiger partial charge in [0.05, 0.1) is 10.5 Å². The second kappa shape index (κ2) is 14.0. The Bertz CT molecular complexity index is 1310. The molecule has 13 heteroatoms. The largest absolute Gasteiger partial charge is 0.444 e. The third-order valence-electron chi connectivity index (χ3n) is 9.67. The maximum atomic E-state index is 14.2. The lowest BCUT2D eigenvalue weighted by atomic mass is 9.83. The highest BCUT2D eigenvalue weighted by Gasteiger charge is 2.69. The number of Topliss-reactive ketones (excluding diaryl/α,β-unsaturated/α-hetero) is 1. The van der Waals surface area contributed by atoms with Crippen molar-refractivity contribution in [3.05, 3.63) is 12.7 Å². The van der Waals surface area contributed by atoms with Gasteiger partial charge in [-0.05, 0) is 84.0 Å². The number of ketones is 1. The lowest BCUT2D eigenvalue weighted by Crippen LogP contribution is -2.59. The van der Waals surface area contributed by atoms with E-state index in [2.05, 4.69) is 22.5 Å². The van der Waals surface area contributed by atoms with Gasteiger partial charge in [-0.2, -0.15) is 0 Å². The summed E-state index contributed by atoms with van der Waals surface area (Å²) < 4.78 is 29.3. The normalized spacial score (nSPS) is 24.2. The van der Waals surface area contributed by atoms with Crippen LogP contribution in [-0.4, -0.2) is 90.2 Å². The van der Waals surface area contributed by atoms with Gasteiger partial charge < -0.3 is 25.6 Å². The van der Waals surface area contributed by atoms with Crippen LogP contribution in [0.15, 0.2) is 12.7 Å². The highest BCUT2D eigenvalue weighted by molar-refractivity contribution is 7.92. The second-order valence-electron chi connectivity index (χ2n) is 15.5. The van der Waals surface area contributed by atoms with E-state index in [1.165, 1.54) is 11.0 Å². The number of hydrogen-bond donors (Lipinski definition) is 3. The number of amides is 4. The Hall–Kier alpha value is -2.96. The summed E-state index contributed by atoms with van der Waals surface area (Å²) in [4.78, 5) is 68.5. The molecule has 0 aromatic heterocycles. The average Bonchev–Trinajstić information content (AvgIpc) is 3.26. The Morgan fingerprint density at radius 1 is 1.00 bits per heavy atom. The van der Waals surface area contributed by atoms with Crippen LogP contribution in [-0.2, 0) is 33.8 Å². The molecule has 2 aliphatic carbocycles. The zero-order valence-corrected chi connectivity index (χ0v) is 29.6. The van der Waals surface area contributed by atoms with Crippen LogP contribution in [0.2, 0.25) is 0 Å². The van der Waals surface area contributed by atoms with Gasteiger partial charge in [0.25, 0.3) is 5.91 Å². The Kier molecular flexibility index (Phi) is 11.4. The minimum atomic E-state index is -3.52. The topological polar surface area (TPSA) is 168 Å². The lowest BCUT2D eigenvalue weighted by molar-refractivity contribution is -0.145. The summed E-state index contributed by atoms with van der Waals surface area (Å²) in [5.74, 6) is -3.42. The molecule has 46 heavy (non-hydrogen) atoms. The van der Waals surface area contributed by atoms with Crippen molar-refractivity contribution in [2.24, 2.45) is 23.2 Å². The number of ether oxygens (including phenoxy) is 1. The van der Waals surface area contributed by atoms with Gasteiger partial charge in [-0.3, -0.25) is 19.2 Å². The summed E-state index contributed by atoms with van der Waals surface area (Å²) in [6, 6.07) is -3.03. The molecule has 3 fully saturated rings. The molecule has 4 amide bonds. The molecule has 1 heterocycles. The third kappa shape index (κ3) is 8.68. The van der Waals surface area contributed by atoms with Crippen LogP contribution in [0.3, 0.4) is 0 Å². The van der Waals surface area contributed by atoms with Crippen molar-refractivity contribution in [1.82, 2.24) is 20.9 Å². The fourth-order valence-corrected chi connectivity index (χ4v) is 7.76. The molecule has 12 nitrogen and oxygen atoms in total. The molecule has 3 N–H and O–H groups in total. The number of fused-ring (bicyclic) bond motifs is 1. The maximum absolute atomic E-state index is 14.2. The third-order valence-corrected chi connectivity index (χ3v) is 12.3. The van der Waals surface area contributed by atoms with Gasteiger partial charge in [-0.25, -0.2) is 13.2 Å². The van der Waals surface area contributed by atoms with Crippen LogP contribution in [0.1, 0.15) is 93.9 Å². The van der Waals surface area contributed by atoms with Crippen molar-refractivity contribution >= 4 is 39.4 Å². The molecule has 1 aliphatic heterocycles. The predicted molar refractivity (Wildman–Crippen MR) is 174 cm³/mol. The smallest absolute Gasteiger partial charge is 0.408 e. The summed E-state index contributed by atoms with van der Waals surface area (Å²) in [5.41, 5.74) is -0.975. The van der Waals surface area contributed by atoms with Gasteiger partial charge in [-0.1, -0.05) is 39.2 Å². The average molecular weight is 667 g/mol. The number of piperidine rings is 1. The van der Waals surface area contributed by atoms with Crippen molar-refractivity contribution in [2.75, 3.05) is 18.8 Å². The molecule has 260 valence electrons. The van der Waals surface area contributed by atoms with Gasteiger partial charge in [0.1, 0.15) is 23.7 Å². The van der Waals surface area contributed by atoms with Gasteiger partial charge in [0.2, 0.25) is 17.6 Å². The lowest BCUT2D eigenvalue weighted by Gasteiger charge is -2.37. The monoisotopic (exact) mass is 666 g/mol. The van der Waals surface area contributed by atoms with E-state index in [1.54, 1.807) is 41.5 Å². The number of alkyl carbamates (subject to hydrolysis) is 1. The minimum absolute atomic E-state index is 0.0403. The first-order valence-electron chi connectivity index (χ1n) is 16.4. The maximum Gasteiger partial charge on any atom is 0.408 e. The van der Waals surface area contributed by atoms with Gasteiger partial charge in [-0.15, -0.1) is 6.58 Å². The van der Waals surface area contributed by atoms with Crippen LogP contribution in [0.5, 0.6) is 0 Å². The van der Waals surface area contributed by atoms with E-state index in [9.17, 15) is 32.4 Å². The first-order valence-corrected chi connectivity index (χ1v) is 18.0. The molecule has 0 bridgehead atoms. The zero-order chi connectivity index (χ0) is 34.8. The zero-order valence-electron chi connectivity index (χ0n) is 28.7. The summed E-state index contributed by atoms with van der Waals surface area (Å²) in [5, 5.41) is 7.88. The first kappa shape index (κ1) is 37.5. The fourth-order valence-electron chi connectivity index (χ4n) is 6.78. The number of hydrogen-bond acceptors (Lipinski definition) is 8. The van der Waals surface area contributed by atoms with E-state index in [1.807, 2.05) is 13.8 Å². The minimum Gasteiger partial charge on any atom is -0.444 e. The highest BCUT2D eigenvalue weighted by atomic mass is 32.2. The van der Waals surface area contributed by atoms with E-state index < -0.39 is 62.0 Å². The predicted octanol–water partition coefficient (Wildman–Crippen LogP) is 2.90.